The number of aromatic nitrogens is 4. The molecule has 0 aromatic carbocycles. The molecule has 0 bridgehead atoms. The normalized spacial score (nSPS) is 10.4. The fourth-order valence-corrected chi connectivity index (χ4v) is 1.54. The van der Waals surface area contributed by atoms with Crippen LogP contribution in [-0.2, 0) is 0 Å². The second kappa shape index (κ2) is 3.21. The maximum absolute atomic E-state index is 8.69. The Hall–Kier alpha value is -2.61. The van der Waals surface area contributed by atoms with E-state index in [1.54, 1.807) is 16.9 Å². The fourth-order valence-electron chi connectivity index (χ4n) is 1.54. The van der Waals surface area contributed by atoms with E-state index in [1.165, 1.54) is 0 Å². The number of nitriles is 1. The minimum absolute atomic E-state index is 0.386. The smallest absolute Gasteiger partial charge is 0.172 e. The molecule has 76 valence electrons. The van der Waals surface area contributed by atoms with Gasteiger partial charge < -0.3 is 4.40 Å². The van der Waals surface area contributed by atoms with Gasteiger partial charge in [0, 0.05) is 12.4 Å². The molecule has 16 heavy (non-hydrogen) atoms. The molecule has 0 N–H and O–H groups in total. The van der Waals surface area contributed by atoms with Crippen LogP contribution < -0.4 is 0 Å². The topological polar surface area (TPSA) is 58.9 Å². The number of pyridine rings is 1. The number of fused-ring (bicyclic) bond motifs is 1. The highest BCUT2D eigenvalue weighted by atomic mass is 15.3. The molecule has 0 saturated carbocycles. The Labute approximate surface area is 91.2 Å². The Bertz CT molecular complexity index is 653. The van der Waals surface area contributed by atoms with Crippen LogP contribution in [0.1, 0.15) is 5.69 Å². The first-order chi connectivity index (χ1) is 7.86. The van der Waals surface area contributed by atoms with Gasteiger partial charge in [-0.25, -0.2) is 9.67 Å². The summed E-state index contributed by atoms with van der Waals surface area (Å²) in [6.07, 6.45) is 5.50. The first kappa shape index (κ1) is 8.68. The Kier molecular flexibility index (Phi) is 1.74. The third kappa shape index (κ3) is 1.25. The van der Waals surface area contributed by atoms with Crippen molar-refractivity contribution in [2.24, 2.45) is 0 Å². The molecule has 5 nitrogen and oxygen atoms in total. The molecule has 0 spiro atoms. The van der Waals surface area contributed by atoms with Gasteiger partial charge in [0.05, 0.1) is 6.20 Å². The second-order valence-corrected chi connectivity index (χ2v) is 3.32. The van der Waals surface area contributed by atoms with Gasteiger partial charge in [-0.05, 0) is 18.2 Å². The summed E-state index contributed by atoms with van der Waals surface area (Å²) in [6.45, 7) is 0. The molecule has 0 aliphatic heterocycles. The summed E-state index contributed by atoms with van der Waals surface area (Å²) in [7, 11) is 0. The van der Waals surface area contributed by atoms with Crippen molar-refractivity contribution in [3.8, 4) is 11.9 Å². The Morgan fingerprint density at radius 3 is 2.88 bits per heavy atom. The molecule has 0 unspecified atom stereocenters. The lowest BCUT2D eigenvalue weighted by Crippen LogP contribution is -1.94. The maximum Gasteiger partial charge on any atom is 0.172 e. The van der Waals surface area contributed by atoms with E-state index in [2.05, 4.69) is 10.1 Å². The highest BCUT2D eigenvalue weighted by molar-refractivity contribution is 5.43. The van der Waals surface area contributed by atoms with Crippen molar-refractivity contribution in [1.29, 1.82) is 5.26 Å². The molecular weight excluding hydrogens is 202 g/mol. The van der Waals surface area contributed by atoms with Gasteiger partial charge in [0.1, 0.15) is 11.7 Å². The van der Waals surface area contributed by atoms with Crippen molar-refractivity contribution in [2.45, 2.75) is 0 Å². The summed E-state index contributed by atoms with van der Waals surface area (Å²) in [5.41, 5.74) is 1.24. The van der Waals surface area contributed by atoms with E-state index in [-0.39, 0.29) is 0 Å². The minimum atomic E-state index is 0.386. The molecule has 0 aliphatic carbocycles. The van der Waals surface area contributed by atoms with Crippen molar-refractivity contribution in [2.75, 3.05) is 0 Å². The van der Waals surface area contributed by atoms with Gasteiger partial charge in [-0.1, -0.05) is 6.07 Å². The molecule has 0 amide bonds. The number of nitrogens with zero attached hydrogens (tertiary/aromatic N) is 5. The summed E-state index contributed by atoms with van der Waals surface area (Å²) >= 11 is 0. The van der Waals surface area contributed by atoms with Crippen LogP contribution in [0, 0.1) is 11.3 Å². The summed E-state index contributed by atoms with van der Waals surface area (Å²) in [5.74, 6) is 0.702. The SMILES string of the molecule is N#Cc1ccn(-c2cn3ccccc3n2)n1. The fraction of sp³-hybridized carbons (Fsp3) is 0. The molecule has 0 radical (unpaired) electrons. The van der Waals surface area contributed by atoms with E-state index in [4.69, 9.17) is 5.26 Å². The standard InChI is InChI=1S/C11H7N5/c12-7-9-4-6-16(14-9)11-8-15-5-2-1-3-10(15)13-11/h1-6,8H. The number of hydrogen-bond donors (Lipinski definition) is 0. The third-order valence-corrected chi connectivity index (χ3v) is 2.29. The lowest BCUT2D eigenvalue weighted by molar-refractivity contribution is 0.849. The molecule has 3 heterocycles. The van der Waals surface area contributed by atoms with E-state index >= 15 is 0 Å². The quantitative estimate of drug-likeness (QED) is 0.608. The number of hydrogen-bond acceptors (Lipinski definition) is 3. The predicted molar refractivity (Wildman–Crippen MR) is 57.0 cm³/mol. The van der Waals surface area contributed by atoms with Gasteiger partial charge >= 0.3 is 0 Å². The van der Waals surface area contributed by atoms with Crippen LogP contribution in [0.25, 0.3) is 11.5 Å². The van der Waals surface area contributed by atoms with Crippen LogP contribution in [0.4, 0.5) is 0 Å². The van der Waals surface area contributed by atoms with Crippen LogP contribution in [0.15, 0.2) is 42.9 Å². The lowest BCUT2D eigenvalue weighted by Gasteiger charge is -1.91. The summed E-state index contributed by atoms with van der Waals surface area (Å²) < 4.78 is 3.49. The molecule has 0 saturated heterocycles. The molecule has 5 heteroatoms. The zero-order valence-corrected chi connectivity index (χ0v) is 8.28. The van der Waals surface area contributed by atoms with Gasteiger partial charge in [0.15, 0.2) is 11.5 Å². The average Bonchev–Trinajstić information content (AvgIpc) is 2.95. The van der Waals surface area contributed by atoms with Crippen LogP contribution in [-0.4, -0.2) is 19.2 Å². The van der Waals surface area contributed by atoms with Gasteiger partial charge in [-0.2, -0.15) is 10.4 Å². The van der Waals surface area contributed by atoms with E-state index in [0.717, 1.165) is 5.65 Å². The Balaban J connectivity index is 2.15. The first-order valence-electron chi connectivity index (χ1n) is 4.77. The van der Waals surface area contributed by atoms with Crippen molar-refractivity contribution in [3.63, 3.8) is 0 Å². The first-order valence-corrected chi connectivity index (χ1v) is 4.77. The highest BCUT2D eigenvalue weighted by Crippen LogP contribution is 2.08. The van der Waals surface area contributed by atoms with E-state index in [0.29, 0.717) is 11.5 Å². The molecule has 3 aromatic rings. The van der Waals surface area contributed by atoms with Gasteiger partial charge in [-0.15, -0.1) is 0 Å². The van der Waals surface area contributed by atoms with E-state index < -0.39 is 0 Å². The average molecular weight is 209 g/mol. The van der Waals surface area contributed by atoms with Crippen molar-refractivity contribution in [3.05, 3.63) is 48.5 Å². The molecule has 0 fully saturated rings. The molecule has 3 rings (SSSR count). The van der Waals surface area contributed by atoms with E-state index in [1.807, 2.05) is 41.1 Å². The maximum atomic E-state index is 8.69. The van der Waals surface area contributed by atoms with Crippen molar-refractivity contribution < 1.29 is 0 Å². The predicted octanol–water partition coefficient (Wildman–Crippen LogP) is 1.39. The minimum Gasteiger partial charge on any atom is -0.305 e. The van der Waals surface area contributed by atoms with Crippen LogP contribution >= 0.6 is 0 Å². The van der Waals surface area contributed by atoms with Gasteiger partial charge in [0.25, 0.3) is 0 Å². The van der Waals surface area contributed by atoms with Crippen molar-refractivity contribution >= 4 is 5.65 Å². The summed E-state index contributed by atoms with van der Waals surface area (Å²) in [4.78, 5) is 4.38. The lowest BCUT2D eigenvalue weighted by atomic mass is 10.5. The Morgan fingerprint density at radius 1 is 1.19 bits per heavy atom. The van der Waals surface area contributed by atoms with E-state index in [9.17, 15) is 0 Å². The summed E-state index contributed by atoms with van der Waals surface area (Å²) in [5, 5.41) is 12.8. The Morgan fingerprint density at radius 2 is 2.12 bits per heavy atom. The number of rotatable bonds is 1. The van der Waals surface area contributed by atoms with Crippen LogP contribution in [0.2, 0.25) is 0 Å². The van der Waals surface area contributed by atoms with Gasteiger partial charge in [0.2, 0.25) is 0 Å². The zero-order chi connectivity index (χ0) is 11.0. The van der Waals surface area contributed by atoms with Gasteiger partial charge in [-0.3, -0.25) is 0 Å². The molecule has 0 atom stereocenters. The second-order valence-electron chi connectivity index (χ2n) is 3.32. The largest absolute Gasteiger partial charge is 0.305 e. The monoisotopic (exact) mass is 209 g/mol. The highest BCUT2D eigenvalue weighted by Gasteiger charge is 2.04. The summed E-state index contributed by atoms with van der Waals surface area (Å²) in [6, 6.07) is 9.42. The number of imidazole rings is 1. The molecular formula is C11H7N5. The van der Waals surface area contributed by atoms with Crippen LogP contribution in [0.3, 0.4) is 0 Å². The third-order valence-electron chi connectivity index (χ3n) is 2.29. The van der Waals surface area contributed by atoms with Crippen molar-refractivity contribution in [1.82, 2.24) is 19.2 Å². The molecule has 0 aliphatic rings. The zero-order valence-electron chi connectivity index (χ0n) is 8.28. The van der Waals surface area contributed by atoms with Crippen LogP contribution in [0.5, 0.6) is 0 Å². The molecule has 3 aromatic heterocycles.